The number of sulfonamides is 1. The summed E-state index contributed by atoms with van der Waals surface area (Å²) in [5, 5.41) is 2.89. The second kappa shape index (κ2) is 15.5. The maximum Gasteiger partial charge on any atom is 0.264 e. The van der Waals surface area contributed by atoms with Gasteiger partial charge in [0, 0.05) is 19.2 Å². The Labute approximate surface area is 261 Å². The molecule has 0 saturated carbocycles. The van der Waals surface area contributed by atoms with Crippen LogP contribution < -0.4 is 23.8 Å². The minimum Gasteiger partial charge on any atom is -0.497 e. The van der Waals surface area contributed by atoms with E-state index in [0.29, 0.717) is 30.2 Å². The number of rotatable bonds is 15. The predicted molar refractivity (Wildman–Crippen MR) is 171 cm³/mol. The first-order valence-corrected chi connectivity index (χ1v) is 16.0. The summed E-state index contributed by atoms with van der Waals surface area (Å²) in [6, 6.07) is 16.0. The molecule has 0 fully saturated rings. The highest BCUT2D eigenvalue weighted by atomic mass is 32.2. The zero-order valence-electron chi connectivity index (χ0n) is 26.5. The maximum absolute atomic E-state index is 14.3. The van der Waals surface area contributed by atoms with E-state index in [1.165, 1.54) is 37.3 Å². The van der Waals surface area contributed by atoms with E-state index < -0.39 is 28.5 Å². The molecule has 3 aromatic rings. The Morgan fingerprint density at radius 2 is 1.48 bits per heavy atom. The van der Waals surface area contributed by atoms with Crippen molar-refractivity contribution in [3.05, 3.63) is 77.4 Å². The van der Waals surface area contributed by atoms with Gasteiger partial charge >= 0.3 is 0 Å². The first-order chi connectivity index (χ1) is 21.0. The molecular formula is C33H43N3O7S. The maximum atomic E-state index is 14.3. The van der Waals surface area contributed by atoms with E-state index in [1.54, 1.807) is 31.4 Å². The number of anilines is 1. The number of carbonyl (C=O) groups is 2. The van der Waals surface area contributed by atoms with Crippen LogP contribution in [0.25, 0.3) is 0 Å². The second-order valence-corrected chi connectivity index (χ2v) is 12.3. The number of aryl methyl sites for hydroxylation is 2. The van der Waals surface area contributed by atoms with Crippen molar-refractivity contribution in [3.63, 3.8) is 0 Å². The minimum atomic E-state index is -4.29. The Kier molecular flexibility index (Phi) is 12.0. The van der Waals surface area contributed by atoms with Crippen molar-refractivity contribution in [1.29, 1.82) is 0 Å². The molecule has 0 radical (unpaired) electrons. The molecule has 1 N–H and O–H groups in total. The molecule has 0 aliphatic rings. The van der Waals surface area contributed by atoms with Gasteiger partial charge in [0.2, 0.25) is 11.8 Å². The number of nitrogens with zero attached hydrogens (tertiary/aromatic N) is 2. The molecule has 10 nitrogen and oxygen atoms in total. The average molecular weight is 626 g/mol. The molecule has 238 valence electrons. The van der Waals surface area contributed by atoms with Gasteiger partial charge in [-0.15, -0.1) is 0 Å². The molecule has 2 amide bonds. The number of ether oxygens (including phenoxy) is 3. The van der Waals surface area contributed by atoms with Gasteiger partial charge < -0.3 is 24.4 Å². The van der Waals surface area contributed by atoms with Gasteiger partial charge in [-0.25, -0.2) is 8.42 Å². The third-order valence-corrected chi connectivity index (χ3v) is 8.93. The molecule has 11 heteroatoms. The fraction of sp³-hybridized carbons (Fsp3) is 0.394. The molecule has 1 atom stereocenters. The number of methoxy groups -OCH3 is 3. The van der Waals surface area contributed by atoms with Crippen molar-refractivity contribution in [2.75, 3.05) is 38.7 Å². The summed E-state index contributed by atoms with van der Waals surface area (Å²) < 4.78 is 45.6. The van der Waals surface area contributed by atoms with Crippen LogP contribution in [0.1, 0.15) is 43.4 Å². The highest BCUT2D eigenvalue weighted by Gasteiger charge is 2.34. The Morgan fingerprint density at radius 3 is 2.02 bits per heavy atom. The molecule has 0 aromatic heterocycles. The standard InChI is InChI=1S/C33H43N3O7S/c1-8-16-34-33(38)29(9-2)35(21-25-10-12-27(41-5)13-11-25)32(37)22-36(26-18-23(3)17-24(4)19-26)44(39,40)28-14-15-30(42-6)31(20-28)43-7/h10-15,17-20,29H,8-9,16,21-22H2,1-7H3,(H,34,38)/t29-/m0/s1. The molecule has 3 rings (SSSR count). The van der Waals surface area contributed by atoms with Crippen LogP contribution in [0.15, 0.2) is 65.6 Å². The smallest absolute Gasteiger partial charge is 0.264 e. The second-order valence-electron chi connectivity index (χ2n) is 10.5. The van der Waals surface area contributed by atoms with Gasteiger partial charge in [-0.2, -0.15) is 0 Å². The zero-order valence-corrected chi connectivity index (χ0v) is 27.4. The quantitative estimate of drug-likeness (QED) is 0.257. The minimum absolute atomic E-state index is 0.0726. The number of nitrogens with one attached hydrogen (secondary N) is 1. The number of carbonyl (C=O) groups excluding carboxylic acids is 2. The third-order valence-electron chi connectivity index (χ3n) is 7.16. The molecule has 0 heterocycles. The number of amides is 2. The van der Waals surface area contributed by atoms with E-state index in [0.717, 1.165) is 27.4 Å². The Bertz CT molecular complexity index is 1520. The molecule has 0 saturated heterocycles. The van der Waals surface area contributed by atoms with Gasteiger partial charge in [-0.3, -0.25) is 13.9 Å². The lowest BCUT2D eigenvalue weighted by Crippen LogP contribution is -2.52. The van der Waals surface area contributed by atoms with Gasteiger partial charge in [-0.1, -0.05) is 32.0 Å². The number of benzene rings is 3. The number of hydrogen-bond donors (Lipinski definition) is 1. The van der Waals surface area contributed by atoms with Gasteiger partial charge in [0.1, 0.15) is 18.3 Å². The van der Waals surface area contributed by atoms with E-state index in [4.69, 9.17) is 14.2 Å². The van der Waals surface area contributed by atoms with Crippen LogP contribution >= 0.6 is 0 Å². The summed E-state index contributed by atoms with van der Waals surface area (Å²) in [6.45, 7) is 7.52. The monoisotopic (exact) mass is 625 g/mol. The van der Waals surface area contributed by atoms with Gasteiger partial charge in [-0.05, 0) is 79.8 Å². The van der Waals surface area contributed by atoms with Crippen LogP contribution in [-0.4, -0.2) is 65.6 Å². The summed E-state index contributed by atoms with van der Waals surface area (Å²) in [6.07, 6.45) is 1.07. The van der Waals surface area contributed by atoms with Gasteiger partial charge in [0.25, 0.3) is 10.0 Å². The molecule has 0 aliphatic carbocycles. The van der Waals surface area contributed by atoms with Crippen LogP contribution in [-0.2, 0) is 26.2 Å². The predicted octanol–water partition coefficient (Wildman–Crippen LogP) is 4.86. The van der Waals surface area contributed by atoms with Crippen LogP contribution in [0, 0.1) is 13.8 Å². The van der Waals surface area contributed by atoms with Crippen molar-refractivity contribution >= 4 is 27.5 Å². The lowest BCUT2D eigenvalue weighted by atomic mass is 10.1. The van der Waals surface area contributed by atoms with E-state index >= 15 is 0 Å². The average Bonchev–Trinajstić information content (AvgIpc) is 3.01. The van der Waals surface area contributed by atoms with Crippen molar-refractivity contribution in [2.45, 2.75) is 58.0 Å². The summed E-state index contributed by atoms with van der Waals surface area (Å²) in [7, 11) is 0.161. The van der Waals surface area contributed by atoms with Crippen LogP contribution in [0.4, 0.5) is 5.69 Å². The van der Waals surface area contributed by atoms with E-state index in [1.807, 2.05) is 45.9 Å². The summed E-state index contributed by atoms with van der Waals surface area (Å²) >= 11 is 0. The SMILES string of the molecule is CCCNC(=O)[C@H](CC)N(Cc1ccc(OC)cc1)C(=O)CN(c1cc(C)cc(C)c1)S(=O)(=O)c1ccc(OC)c(OC)c1. The van der Waals surface area contributed by atoms with Crippen molar-refractivity contribution in [2.24, 2.45) is 0 Å². The Hall–Kier alpha value is -4.25. The zero-order chi connectivity index (χ0) is 32.4. The van der Waals surface area contributed by atoms with Crippen LogP contribution in [0.2, 0.25) is 0 Å². The van der Waals surface area contributed by atoms with E-state index in [2.05, 4.69) is 5.32 Å². The Balaban J connectivity index is 2.12. The molecular weight excluding hydrogens is 582 g/mol. The van der Waals surface area contributed by atoms with E-state index in [-0.39, 0.29) is 23.1 Å². The lowest BCUT2D eigenvalue weighted by Gasteiger charge is -2.33. The highest BCUT2D eigenvalue weighted by molar-refractivity contribution is 7.92. The van der Waals surface area contributed by atoms with Crippen LogP contribution in [0.5, 0.6) is 17.2 Å². The van der Waals surface area contributed by atoms with Crippen molar-refractivity contribution in [1.82, 2.24) is 10.2 Å². The first-order valence-electron chi connectivity index (χ1n) is 14.5. The largest absolute Gasteiger partial charge is 0.497 e. The summed E-state index contributed by atoms with van der Waals surface area (Å²) in [5.74, 6) is 0.441. The van der Waals surface area contributed by atoms with Crippen LogP contribution in [0.3, 0.4) is 0 Å². The summed E-state index contributed by atoms with van der Waals surface area (Å²) in [4.78, 5) is 28.9. The molecule has 0 bridgehead atoms. The highest BCUT2D eigenvalue weighted by Crippen LogP contribution is 2.33. The molecule has 44 heavy (non-hydrogen) atoms. The first kappa shape index (κ1) is 34.2. The Morgan fingerprint density at radius 1 is 0.841 bits per heavy atom. The lowest BCUT2D eigenvalue weighted by molar-refractivity contribution is -0.140. The fourth-order valence-electron chi connectivity index (χ4n) is 4.94. The molecule has 0 unspecified atom stereocenters. The fourth-order valence-corrected chi connectivity index (χ4v) is 6.35. The molecule has 0 aliphatic heterocycles. The topological polar surface area (TPSA) is 114 Å². The molecule has 3 aromatic carbocycles. The van der Waals surface area contributed by atoms with Crippen molar-refractivity contribution in [3.8, 4) is 17.2 Å². The van der Waals surface area contributed by atoms with Gasteiger partial charge in [0.15, 0.2) is 11.5 Å². The van der Waals surface area contributed by atoms with E-state index in [9.17, 15) is 18.0 Å². The molecule has 0 spiro atoms. The normalized spacial score (nSPS) is 11.8. The van der Waals surface area contributed by atoms with Crippen molar-refractivity contribution < 1.29 is 32.2 Å². The summed E-state index contributed by atoms with van der Waals surface area (Å²) in [5.41, 5.74) is 2.76. The number of hydrogen-bond acceptors (Lipinski definition) is 7. The third kappa shape index (κ3) is 8.22. The van der Waals surface area contributed by atoms with Gasteiger partial charge in [0.05, 0.1) is 31.9 Å².